The van der Waals surface area contributed by atoms with Gasteiger partial charge in [0.25, 0.3) is 5.91 Å². The average Bonchev–Trinajstić information content (AvgIpc) is 2.98. The van der Waals surface area contributed by atoms with Gasteiger partial charge in [-0.2, -0.15) is 0 Å². The number of carbonyl (C=O) groups is 3. The first kappa shape index (κ1) is 15.7. The van der Waals surface area contributed by atoms with Crippen LogP contribution in [-0.2, 0) is 9.59 Å². The van der Waals surface area contributed by atoms with Crippen molar-refractivity contribution in [3.8, 4) is 0 Å². The highest BCUT2D eigenvalue weighted by Gasteiger charge is 2.35. The zero-order valence-corrected chi connectivity index (χ0v) is 12.9. The van der Waals surface area contributed by atoms with E-state index in [9.17, 15) is 14.4 Å². The molecule has 3 amide bonds. The zero-order valence-electron chi connectivity index (χ0n) is 12.9. The summed E-state index contributed by atoms with van der Waals surface area (Å²) in [6.07, 6.45) is 0.138. The van der Waals surface area contributed by atoms with E-state index in [4.69, 9.17) is 5.73 Å². The molecule has 0 aromatic heterocycles. The van der Waals surface area contributed by atoms with E-state index in [-0.39, 0.29) is 23.8 Å². The van der Waals surface area contributed by atoms with E-state index in [1.165, 1.54) is 0 Å². The summed E-state index contributed by atoms with van der Waals surface area (Å²) in [6, 6.07) is 15.8. The summed E-state index contributed by atoms with van der Waals surface area (Å²) in [6.45, 7) is 0.313. The Morgan fingerprint density at radius 2 is 1.71 bits per heavy atom. The van der Waals surface area contributed by atoms with Crippen LogP contribution < -0.4 is 16.0 Å². The Bertz CT molecular complexity index is 789. The predicted octanol–water partition coefficient (Wildman–Crippen LogP) is 1.78. The van der Waals surface area contributed by atoms with Gasteiger partial charge in [-0.15, -0.1) is 0 Å². The first-order valence-corrected chi connectivity index (χ1v) is 7.61. The Labute approximate surface area is 139 Å². The van der Waals surface area contributed by atoms with Gasteiger partial charge in [0, 0.05) is 18.7 Å². The fraction of sp³-hybridized carbons (Fsp3) is 0.167. The molecule has 2 aromatic carbocycles. The summed E-state index contributed by atoms with van der Waals surface area (Å²) >= 11 is 0. The Morgan fingerprint density at radius 1 is 1.04 bits per heavy atom. The minimum absolute atomic E-state index is 0.0930. The highest BCUT2D eigenvalue weighted by atomic mass is 16.2. The van der Waals surface area contributed by atoms with Crippen molar-refractivity contribution in [3.63, 3.8) is 0 Å². The van der Waals surface area contributed by atoms with E-state index < -0.39 is 11.8 Å². The molecule has 1 fully saturated rings. The second-order valence-electron chi connectivity index (χ2n) is 5.64. The fourth-order valence-corrected chi connectivity index (χ4v) is 2.78. The topological polar surface area (TPSA) is 92.5 Å². The largest absolute Gasteiger partial charge is 0.366 e. The zero-order chi connectivity index (χ0) is 17.1. The van der Waals surface area contributed by atoms with Crippen LogP contribution in [0.3, 0.4) is 0 Å². The van der Waals surface area contributed by atoms with Crippen molar-refractivity contribution in [1.29, 1.82) is 0 Å². The molecule has 1 aliphatic rings. The van der Waals surface area contributed by atoms with Gasteiger partial charge in [-0.25, -0.2) is 0 Å². The molecule has 6 heteroatoms. The lowest BCUT2D eigenvalue weighted by molar-refractivity contribution is -0.122. The molecule has 1 saturated heterocycles. The van der Waals surface area contributed by atoms with Gasteiger partial charge in [0.1, 0.15) is 0 Å². The SMILES string of the molecule is NC(=O)c1ccccc1NC(=O)C1CC(=O)N(c2ccccc2)C1. The fourth-order valence-electron chi connectivity index (χ4n) is 2.78. The number of benzene rings is 2. The number of rotatable bonds is 4. The van der Waals surface area contributed by atoms with Crippen LogP contribution in [0.25, 0.3) is 0 Å². The second-order valence-corrected chi connectivity index (χ2v) is 5.64. The van der Waals surface area contributed by atoms with Crippen LogP contribution in [0, 0.1) is 5.92 Å². The molecule has 0 radical (unpaired) electrons. The van der Waals surface area contributed by atoms with Crippen LogP contribution in [-0.4, -0.2) is 24.3 Å². The molecule has 0 aliphatic carbocycles. The highest BCUT2D eigenvalue weighted by molar-refractivity contribution is 6.06. The number of amides is 3. The number of anilines is 2. The standard InChI is InChI=1S/C18H17N3O3/c19-17(23)14-8-4-5-9-15(14)20-18(24)12-10-16(22)21(11-12)13-6-2-1-3-7-13/h1-9,12H,10-11H2,(H2,19,23)(H,20,24). The minimum Gasteiger partial charge on any atom is -0.366 e. The smallest absolute Gasteiger partial charge is 0.250 e. The van der Waals surface area contributed by atoms with Crippen LogP contribution in [0.5, 0.6) is 0 Å². The molecule has 122 valence electrons. The molecule has 3 rings (SSSR count). The number of nitrogens with one attached hydrogen (secondary N) is 1. The molecule has 0 saturated carbocycles. The van der Waals surface area contributed by atoms with Crippen LogP contribution >= 0.6 is 0 Å². The van der Waals surface area contributed by atoms with Gasteiger partial charge < -0.3 is 16.0 Å². The maximum absolute atomic E-state index is 12.5. The summed E-state index contributed by atoms with van der Waals surface area (Å²) in [5.74, 6) is -1.47. The third-order valence-corrected chi connectivity index (χ3v) is 4.01. The molecule has 24 heavy (non-hydrogen) atoms. The quantitative estimate of drug-likeness (QED) is 0.898. The van der Waals surface area contributed by atoms with E-state index in [0.717, 1.165) is 5.69 Å². The van der Waals surface area contributed by atoms with E-state index >= 15 is 0 Å². The first-order valence-electron chi connectivity index (χ1n) is 7.61. The molecule has 1 atom stereocenters. The van der Waals surface area contributed by atoms with Gasteiger partial charge in [0.05, 0.1) is 17.2 Å². The molecule has 0 bridgehead atoms. The molecule has 0 spiro atoms. The minimum atomic E-state index is -0.612. The van der Waals surface area contributed by atoms with Crippen LogP contribution in [0.2, 0.25) is 0 Å². The molecule has 1 aliphatic heterocycles. The highest BCUT2D eigenvalue weighted by Crippen LogP contribution is 2.26. The number of hydrogen-bond donors (Lipinski definition) is 2. The molecule has 6 nitrogen and oxygen atoms in total. The molecular weight excluding hydrogens is 306 g/mol. The van der Waals surface area contributed by atoms with Crippen LogP contribution in [0.1, 0.15) is 16.8 Å². The number of carbonyl (C=O) groups excluding carboxylic acids is 3. The third kappa shape index (κ3) is 3.12. The van der Waals surface area contributed by atoms with Crippen molar-refractivity contribution >= 4 is 29.1 Å². The summed E-state index contributed by atoms with van der Waals surface area (Å²) in [7, 11) is 0. The lowest BCUT2D eigenvalue weighted by Crippen LogP contribution is -2.28. The Balaban J connectivity index is 1.73. The summed E-state index contributed by atoms with van der Waals surface area (Å²) in [5.41, 5.74) is 6.69. The van der Waals surface area contributed by atoms with E-state index in [2.05, 4.69) is 5.32 Å². The van der Waals surface area contributed by atoms with Gasteiger partial charge >= 0.3 is 0 Å². The predicted molar refractivity (Wildman–Crippen MR) is 90.5 cm³/mol. The van der Waals surface area contributed by atoms with Gasteiger partial charge in [-0.3, -0.25) is 14.4 Å². The van der Waals surface area contributed by atoms with Crippen LogP contribution in [0.4, 0.5) is 11.4 Å². The van der Waals surface area contributed by atoms with Gasteiger partial charge in [0.15, 0.2) is 0 Å². The number of primary amides is 1. The van der Waals surface area contributed by atoms with Crippen molar-refractivity contribution in [1.82, 2.24) is 0 Å². The van der Waals surface area contributed by atoms with Crippen LogP contribution in [0.15, 0.2) is 54.6 Å². The lowest BCUT2D eigenvalue weighted by atomic mass is 10.1. The summed E-state index contributed by atoms with van der Waals surface area (Å²) in [5, 5.41) is 2.71. The average molecular weight is 323 g/mol. The number of para-hydroxylation sites is 2. The molecule has 3 N–H and O–H groups in total. The normalized spacial score (nSPS) is 16.9. The lowest BCUT2D eigenvalue weighted by Gasteiger charge is -2.16. The monoisotopic (exact) mass is 323 g/mol. The van der Waals surface area contributed by atoms with E-state index in [1.807, 2.05) is 30.3 Å². The maximum Gasteiger partial charge on any atom is 0.250 e. The van der Waals surface area contributed by atoms with Gasteiger partial charge in [0.2, 0.25) is 11.8 Å². The summed E-state index contributed by atoms with van der Waals surface area (Å²) < 4.78 is 0. The third-order valence-electron chi connectivity index (χ3n) is 4.01. The van der Waals surface area contributed by atoms with Gasteiger partial charge in [-0.05, 0) is 24.3 Å². The second kappa shape index (κ2) is 6.54. The molecule has 1 heterocycles. The van der Waals surface area contributed by atoms with Gasteiger partial charge in [-0.1, -0.05) is 30.3 Å². The Kier molecular flexibility index (Phi) is 4.29. The number of hydrogen-bond acceptors (Lipinski definition) is 3. The Hall–Kier alpha value is -3.15. The molecule has 2 aromatic rings. The van der Waals surface area contributed by atoms with Crippen molar-refractivity contribution < 1.29 is 14.4 Å². The first-order chi connectivity index (χ1) is 11.6. The van der Waals surface area contributed by atoms with Crippen molar-refractivity contribution in [2.75, 3.05) is 16.8 Å². The Morgan fingerprint density at radius 3 is 2.42 bits per heavy atom. The van der Waals surface area contributed by atoms with Crippen molar-refractivity contribution in [2.45, 2.75) is 6.42 Å². The maximum atomic E-state index is 12.5. The van der Waals surface area contributed by atoms with E-state index in [0.29, 0.717) is 12.2 Å². The number of nitrogens with two attached hydrogens (primary N) is 1. The number of nitrogens with zero attached hydrogens (tertiary/aromatic N) is 1. The summed E-state index contributed by atoms with van der Waals surface area (Å²) in [4.78, 5) is 37.7. The van der Waals surface area contributed by atoms with Crippen molar-refractivity contribution in [2.24, 2.45) is 11.7 Å². The molecular formula is C18H17N3O3. The molecule has 1 unspecified atom stereocenters. The van der Waals surface area contributed by atoms with E-state index in [1.54, 1.807) is 29.2 Å². The van der Waals surface area contributed by atoms with Crippen molar-refractivity contribution in [3.05, 3.63) is 60.2 Å².